The van der Waals surface area contributed by atoms with Gasteiger partial charge in [-0.1, -0.05) is 12.6 Å². The summed E-state index contributed by atoms with van der Waals surface area (Å²) in [5.41, 5.74) is 2.37. The Morgan fingerprint density at radius 1 is 1.23 bits per heavy atom. The normalized spacial score (nSPS) is 10.8. The van der Waals surface area contributed by atoms with Crippen LogP contribution in [0.4, 0.5) is 5.69 Å². The highest BCUT2D eigenvalue weighted by atomic mass is 16.5. The molecule has 0 saturated carbocycles. The smallest absolute Gasteiger partial charge is 0.291 e. The highest BCUT2D eigenvalue weighted by Gasteiger charge is 2.18. The van der Waals surface area contributed by atoms with Crippen LogP contribution in [-0.4, -0.2) is 53.3 Å². The maximum Gasteiger partial charge on any atom is 0.291 e. The van der Waals surface area contributed by atoms with E-state index in [1.165, 1.54) is 0 Å². The van der Waals surface area contributed by atoms with Crippen LogP contribution in [0.15, 0.2) is 53.7 Å². The molecule has 162 valence electrons. The van der Waals surface area contributed by atoms with Crippen LogP contribution in [0.3, 0.4) is 0 Å². The zero-order valence-electron chi connectivity index (χ0n) is 17.6. The Morgan fingerprint density at radius 3 is 2.74 bits per heavy atom. The average Bonchev–Trinajstić information content (AvgIpc) is 3.41. The topological polar surface area (TPSA) is 115 Å². The Bertz CT molecular complexity index is 1060. The number of aromatic nitrogens is 3. The number of hydrogen-bond acceptors (Lipinski definition) is 7. The molecular formula is C22H25N5O4. The minimum atomic E-state index is -0.435. The number of ether oxygens (including phenoxy) is 2. The number of hydrogen-bond donors (Lipinski definition) is 2. The quantitative estimate of drug-likeness (QED) is 0.360. The highest BCUT2D eigenvalue weighted by molar-refractivity contribution is 6.19. The molecule has 3 rings (SSSR count). The van der Waals surface area contributed by atoms with E-state index in [9.17, 15) is 4.79 Å². The van der Waals surface area contributed by atoms with Crippen molar-refractivity contribution in [3.05, 3.63) is 60.8 Å². The first-order valence-corrected chi connectivity index (χ1v) is 9.71. The molecule has 0 unspecified atom stereocenters. The van der Waals surface area contributed by atoms with Crippen LogP contribution in [0.5, 0.6) is 0 Å². The van der Waals surface area contributed by atoms with Crippen LogP contribution in [0.25, 0.3) is 17.0 Å². The number of amides is 1. The second kappa shape index (κ2) is 10.5. The molecule has 0 bridgehead atoms. The Hall–Kier alpha value is -3.56. The van der Waals surface area contributed by atoms with Crippen molar-refractivity contribution in [3.8, 4) is 11.4 Å². The third-order valence-corrected chi connectivity index (χ3v) is 4.39. The van der Waals surface area contributed by atoms with Gasteiger partial charge in [0, 0.05) is 30.8 Å². The number of rotatable bonds is 11. The predicted octanol–water partition coefficient (Wildman–Crippen LogP) is 3.51. The summed E-state index contributed by atoms with van der Waals surface area (Å²) in [6, 6.07) is 8.65. The monoisotopic (exact) mass is 423 g/mol. The van der Waals surface area contributed by atoms with Crippen LogP contribution in [0.1, 0.15) is 23.2 Å². The number of furan rings is 1. The molecule has 9 nitrogen and oxygen atoms in total. The number of allylic oxidation sites excluding steroid dienone is 1. The minimum Gasteiger partial charge on any atom is -0.451 e. The Balaban J connectivity index is 1.78. The molecular weight excluding hydrogens is 398 g/mol. The molecule has 0 aliphatic carbocycles. The fraction of sp³-hybridized carbons (Fsp3) is 0.273. The molecule has 3 aromatic rings. The van der Waals surface area contributed by atoms with Gasteiger partial charge in [0.25, 0.3) is 5.91 Å². The molecule has 9 heteroatoms. The Morgan fingerprint density at radius 2 is 2.03 bits per heavy atom. The van der Waals surface area contributed by atoms with Gasteiger partial charge in [0.1, 0.15) is 11.5 Å². The third kappa shape index (κ3) is 5.74. The largest absolute Gasteiger partial charge is 0.451 e. The molecule has 0 saturated heterocycles. The van der Waals surface area contributed by atoms with Gasteiger partial charge in [0.2, 0.25) is 0 Å². The Kier molecular flexibility index (Phi) is 7.47. The molecule has 31 heavy (non-hydrogen) atoms. The van der Waals surface area contributed by atoms with E-state index in [0.717, 1.165) is 0 Å². The van der Waals surface area contributed by atoms with E-state index >= 15 is 0 Å². The maximum absolute atomic E-state index is 12.8. The van der Waals surface area contributed by atoms with Crippen molar-refractivity contribution in [1.29, 1.82) is 5.41 Å². The minimum absolute atomic E-state index is 0.111. The summed E-state index contributed by atoms with van der Waals surface area (Å²) < 4.78 is 17.7. The van der Waals surface area contributed by atoms with Crippen LogP contribution < -0.4 is 5.32 Å². The van der Waals surface area contributed by atoms with E-state index in [0.29, 0.717) is 54.8 Å². The van der Waals surface area contributed by atoms with Crippen LogP contribution in [-0.2, 0) is 16.0 Å². The fourth-order valence-corrected chi connectivity index (χ4v) is 2.71. The Labute approximate surface area is 180 Å². The molecule has 2 N–H and O–H groups in total. The lowest BCUT2D eigenvalue weighted by molar-refractivity contribution is 0.0654. The summed E-state index contributed by atoms with van der Waals surface area (Å²) >= 11 is 0. The van der Waals surface area contributed by atoms with Crippen molar-refractivity contribution >= 4 is 22.9 Å². The number of carbonyl (C=O) groups excluding carboxylic acids is 1. The fourth-order valence-electron chi connectivity index (χ4n) is 2.71. The molecule has 3 heterocycles. The summed E-state index contributed by atoms with van der Waals surface area (Å²) in [5, 5.41) is 15.1. The lowest BCUT2D eigenvalue weighted by Gasteiger charge is -2.03. The maximum atomic E-state index is 12.8. The number of carbonyl (C=O) groups is 1. The second-order valence-corrected chi connectivity index (χ2v) is 6.70. The molecule has 0 spiro atoms. The summed E-state index contributed by atoms with van der Waals surface area (Å²) in [5.74, 6) is 0.0567. The van der Waals surface area contributed by atoms with Gasteiger partial charge >= 0.3 is 0 Å². The van der Waals surface area contributed by atoms with E-state index in [-0.39, 0.29) is 11.5 Å². The first-order valence-electron chi connectivity index (χ1n) is 9.71. The first kappa shape index (κ1) is 22.1. The van der Waals surface area contributed by atoms with E-state index in [4.69, 9.17) is 19.3 Å². The molecule has 0 aromatic carbocycles. The number of nitrogens with zero attached hydrogens (tertiary/aromatic N) is 3. The van der Waals surface area contributed by atoms with Crippen molar-refractivity contribution in [3.63, 3.8) is 0 Å². The lowest BCUT2D eigenvalue weighted by atomic mass is 10.1. The van der Waals surface area contributed by atoms with Crippen LogP contribution >= 0.6 is 0 Å². The van der Waals surface area contributed by atoms with Crippen LogP contribution in [0.2, 0.25) is 0 Å². The van der Waals surface area contributed by atoms with Gasteiger partial charge in [-0.2, -0.15) is 5.10 Å². The number of anilines is 1. The molecule has 0 aliphatic heterocycles. The number of nitrogens with one attached hydrogen (secondary N) is 2. The van der Waals surface area contributed by atoms with Crippen molar-refractivity contribution in [2.75, 3.05) is 32.2 Å². The zero-order valence-corrected chi connectivity index (χ0v) is 17.6. The summed E-state index contributed by atoms with van der Waals surface area (Å²) in [6.07, 6.45) is 3.39. The predicted molar refractivity (Wildman–Crippen MR) is 117 cm³/mol. The van der Waals surface area contributed by atoms with E-state index < -0.39 is 5.91 Å². The van der Waals surface area contributed by atoms with Crippen LogP contribution in [0, 0.1) is 5.41 Å². The van der Waals surface area contributed by atoms with E-state index in [1.54, 1.807) is 43.2 Å². The summed E-state index contributed by atoms with van der Waals surface area (Å²) in [6.45, 7) is 7.37. The summed E-state index contributed by atoms with van der Waals surface area (Å²) in [7, 11) is 1.62. The van der Waals surface area contributed by atoms with Gasteiger partial charge in [-0.05, 0) is 31.2 Å². The number of methoxy groups -OCH3 is 1. The molecule has 1 amide bonds. The highest BCUT2D eigenvalue weighted by Crippen LogP contribution is 2.26. The molecule has 0 fully saturated rings. The molecule has 0 atom stereocenters. The van der Waals surface area contributed by atoms with E-state index in [2.05, 4.69) is 22.0 Å². The number of pyridine rings is 1. The van der Waals surface area contributed by atoms with E-state index in [1.807, 2.05) is 18.2 Å². The third-order valence-electron chi connectivity index (χ3n) is 4.39. The second-order valence-electron chi connectivity index (χ2n) is 6.70. The van der Waals surface area contributed by atoms with Crippen molar-refractivity contribution in [1.82, 2.24) is 14.8 Å². The zero-order chi connectivity index (χ0) is 22.2. The average molecular weight is 423 g/mol. The van der Waals surface area contributed by atoms with Crippen molar-refractivity contribution in [2.24, 2.45) is 0 Å². The SMILES string of the molecule is C=C(C(C)=N)c1ccc(C(=O)Nc2cn(CCOCCOC)nc2-c2ccccn2)o1. The van der Waals surface area contributed by atoms with Gasteiger partial charge in [-0.15, -0.1) is 0 Å². The van der Waals surface area contributed by atoms with Crippen molar-refractivity contribution in [2.45, 2.75) is 13.5 Å². The standard InChI is InChI=1S/C22H25N5O4/c1-15(16(2)23)19-7-8-20(31-19)22(28)25-18-14-27(10-11-30-13-12-29-3)26-21(18)17-6-4-5-9-24-17/h4-9,14,23H,1,10-13H2,2-3H3,(H,25,28). The van der Waals surface area contributed by atoms with Gasteiger partial charge in [-0.3, -0.25) is 14.5 Å². The molecule has 3 aromatic heterocycles. The van der Waals surface area contributed by atoms with Gasteiger partial charge in [0.15, 0.2) is 5.76 Å². The van der Waals surface area contributed by atoms with Gasteiger partial charge in [-0.25, -0.2) is 0 Å². The van der Waals surface area contributed by atoms with Gasteiger partial charge < -0.3 is 24.6 Å². The lowest BCUT2D eigenvalue weighted by Crippen LogP contribution is -2.11. The summed E-state index contributed by atoms with van der Waals surface area (Å²) in [4.78, 5) is 17.1. The van der Waals surface area contributed by atoms with Gasteiger partial charge in [0.05, 0.1) is 37.7 Å². The molecule has 0 aliphatic rings. The molecule has 0 radical (unpaired) electrons. The van der Waals surface area contributed by atoms with Crippen molar-refractivity contribution < 1.29 is 18.7 Å². The first-order chi connectivity index (χ1) is 15.0.